The standard InChI is InChI=1S/C14H21ClN2O2/c1-10-8-13(19-4)12(15)9-11(10)14(18)16-6-5-7-17(2)3/h8-9H,5-7H2,1-4H3,(H,16,18). The molecular weight excluding hydrogens is 264 g/mol. The number of nitrogens with zero attached hydrogens (tertiary/aromatic N) is 1. The lowest BCUT2D eigenvalue weighted by atomic mass is 10.1. The fourth-order valence-electron chi connectivity index (χ4n) is 1.75. The van der Waals surface area contributed by atoms with E-state index in [2.05, 4.69) is 10.2 Å². The minimum absolute atomic E-state index is 0.0965. The number of carbonyl (C=O) groups is 1. The van der Waals surface area contributed by atoms with E-state index in [-0.39, 0.29) is 5.91 Å². The molecule has 0 atom stereocenters. The summed E-state index contributed by atoms with van der Waals surface area (Å²) in [7, 11) is 5.58. The normalized spacial score (nSPS) is 10.6. The predicted molar refractivity (Wildman–Crippen MR) is 78.2 cm³/mol. The number of aryl methyl sites for hydroxylation is 1. The summed E-state index contributed by atoms with van der Waals surface area (Å²) in [5.41, 5.74) is 1.45. The van der Waals surface area contributed by atoms with Crippen LogP contribution in [0.5, 0.6) is 5.75 Å². The van der Waals surface area contributed by atoms with E-state index in [0.29, 0.717) is 22.9 Å². The predicted octanol–water partition coefficient (Wildman–Crippen LogP) is 2.34. The van der Waals surface area contributed by atoms with Gasteiger partial charge in [-0.25, -0.2) is 0 Å². The van der Waals surface area contributed by atoms with Crippen LogP contribution in [-0.4, -0.2) is 45.1 Å². The van der Waals surface area contributed by atoms with Crippen molar-refractivity contribution < 1.29 is 9.53 Å². The molecule has 1 aromatic carbocycles. The molecule has 19 heavy (non-hydrogen) atoms. The molecule has 0 saturated heterocycles. The molecule has 0 spiro atoms. The third kappa shape index (κ3) is 4.73. The molecule has 4 nitrogen and oxygen atoms in total. The molecular formula is C14H21ClN2O2. The number of nitrogens with one attached hydrogen (secondary N) is 1. The van der Waals surface area contributed by atoms with Gasteiger partial charge in [-0.05, 0) is 51.7 Å². The summed E-state index contributed by atoms with van der Waals surface area (Å²) in [6, 6.07) is 3.42. The van der Waals surface area contributed by atoms with E-state index in [9.17, 15) is 4.79 Å². The molecule has 0 heterocycles. The minimum atomic E-state index is -0.0965. The van der Waals surface area contributed by atoms with E-state index in [4.69, 9.17) is 16.3 Å². The van der Waals surface area contributed by atoms with Crippen LogP contribution >= 0.6 is 11.6 Å². The maximum absolute atomic E-state index is 12.0. The first-order valence-electron chi connectivity index (χ1n) is 6.22. The lowest BCUT2D eigenvalue weighted by Crippen LogP contribution is -2.27. The average Bonchev–Trinajstić information content (AvgIpc) is 2.36. The topological polar surface area (TPSA) is 41.6 Å². The highest BCUT2D eigenvalue weighted by molar-refractivity contribution is 6.32. The largest absolute Gasteiger partial charge is 0.495 e. The van der Waals surface area contributed by atoms with Crippen molar-refractivity contribution in [1.29, 1.82) is 0 Å². The lowest BCUT2D eigenvalue weighted by Gasteiger charge is -2.12. The zero-order valence-electron chi connectivity index (χ0n) is 11.9. The number of ether oxygens (including phenoxy) is 1. The molecule has 1 amide bonds. The van der Waals surface area contributed by atoms with Gasteiger partial charge < -0.3 is 15.0 Å². The van der Waals surface area contributed by atoms with Gasteiger partial charge in [-0.1, -0.05) is 11.6 Å². The van der Waals surface area contributed by atoms with Gasteiger partial charge in [0, 0.05) is 12.1 Å². The Morgan fingerprint density at radius 3 is 2.68 bits per heavy atom. The highest BCUT2D eigenvalue weighted by Crippen LogP contribution is 2.27. The third-order valence-corrected chi connectivity index (χ3v) is 3.11. The summed E-state index contributed by atoms with van der Waals surface area (Å²) in [6.45, 7) is 3.47. The second-order valence-electron chi connectivity index (χ2n) is 4.71. The molecule has 0 aliphatic rings. The number of hydrogen-bond acceptors (Lipinski definition) is 3. The quantitative estimate of drug-likeness (QED) is 0.815. The molecule has 0 radical (unpaired) electrons. The number of hydrogen-bond donors (Lipinski definition) is 1. The highest BCUT2D eigenvalue weighted by atomic mass is 35.5. The zero-order valence-corrected chi connectivity index (χ0v) is 12.7. The smallest absolute Gasteiger partial charge is 0.251 e. The first-order valence-corrected chi connectivity index (χ1v) is 6.60. The fraction of sp³-hybridized carbons (Fsp3) is 0.500. The van der Waals surface area contributed by atoms with Crippen molar-refractivity contribution in [2.45, 2.75) is 13.3 Å². The molecule has 0 aliphatic carbocycles. The van der Waals surface area contributed by atoms with Crippen molar-refractivity contribution in [1.82, 2.24) is 10.2 Å². The molecule has 0 unspecified atom stereocenters. The van der Waals surface area contributed by atoms with Crippen LogP contribution in [0.2, 0.25) is 5.02 Å². The number of methoxy groups -OCH3 is 1. The van der Waals surface area contributed by atoms with Crippen molar-refractivity contribution in [3.63, 3.8) is 0 Å². The Labute approximate surface area is 119 Å². The van der Waals surface area contributed by atoms with E-state index in [0.717, 1.165) is 18.5 Å². The monoisotopic (exact) mass is 284 g/mol. The van der Waals surface area contributed by atoms with E-state index in [1.165, 1.54) is 0 Å². The number of benzene rings is 1. The first-order chi connectivity index (χ1) is 8.95. The van der Waals surface area contributed by atoms with E-state index < -0.39 is 0 Å². The Hall–Kier alpha value is -1.26. The van der Waals surface area contributed by atoms with Crippen molar-refractivity contribution in [2.24, 2.45) is 0 Å². The van der Waals surface area contributed by atoms with Crippen LogP contribution in [0.4, 0.5) is 0 Å². The highest BCUT2D eigenvalue weighted by Gasteiger charge is 2.12. The maximum Gasteiger partial charge on any atom is 0.251 e. The van der Waals surface area contributed by atoms with Gasteiger partial charge >= 0.3 is 0 Å². The Morgan fingerprint density at radius 1 is 1.42 bits per heavy atom. The first kappa shape index (κ1) is 15.8. The van der Waals surface area contributed by atoms with Gasteiger partial charge in [0.1, 0.15) is 5.75 Å². The van der Waals surface area contributed by atoms with Crippen molar-refractivity contribution in [3.8, 4) is 5.75 Å². The third-order valence-electron chi connectivity index (χ3n) is 2.81. The Balaban J connectivity index is 2.64. The van der Waals surface area contributed by atoms with Crippen molar-refractivity contribution in [3.05, 3.63) is 28.3 Å². The van der Waals surface area contributed by atoms with Crippen LogP contribution < -0.4 is 10.1 Å². The van der Waals surface area contributed by atoms with Crippen LogP contribution in [0, 0.1) is 6.92 Å². The Bertz CT molecular complexity index is 447. The van der Waals surface area contributed by atoms with E-state index in [1.807, 2.05) is 21.0 Å². The Kier molecular flexibility index (Phi) is 6.12. The maximum atomic E-state index is 12.0. The van der Waals surface area contributed by atoms with Gasteiger partial charge in [0.25, 0.3) is 5.91 Å². The molecule has 5 heteroatoms. The molecule has 0 fully saturated rings. The zero-order chi connectivity index (χ0) is 14.4. The molecule has 0 aliphatic heterocycles. The van der Waals surface area contributed by atoms with Crippen LogP contribution in [-0.2, 0) is 0 Å². The van der Waals surface area contributed by atoms with Crippen LogP contribution in [0.3, 0.4) is 0 Å². The number of carbonyl (C=O) groups excluding carboxylic acids is 1. The summed E-state index contributed by atoms with van der Waals surface area (Å²) in [4.78, 5) is 14.1. The lowest BCUT2D eigenvalue weighted by molar-refractivity contribution is 0.0951. The minimum Gasteiger partial charge on any atom is -0.495 e. The van der Waals surface area contributed by atoms with Crippen LogP contribution in [0.1, 0.15) is 22.3 Å². The van der Waals surface area contributed by atoms with Crippen molar-refractivity contribution in [2.75, 3.05) is 34.3 Å². The summed E-state index contributed by atoms with van der Waals surface area (Å²) in [5.74, 6) is 0.490. The molecule has 0 saturated carbocycles. The molecule has 1 aromatic rings. The number of amides is 1. The second kappa shape index (κ2) is 7.36. The molecule has 1 rings (SSSR count). The van der Waals surface area contributed by atoms with Gasteiger partial charge in [-0.3, -0.25) is 4.79 Å². The SMILES string of the molecule is COc1cc(C)c(C(=O)NCCCN(C)C)cc1Cl. The molecule has 0 aromatic heterocycles. The van der Waals surface area contributed by atoms with Gasteiger partial charge in [0.05, 0.1) is 12.1 Å². The fourth-order valence-corrected chi connectivity index (χ4v) is 1.99. The summed E-state index contributed by atoms with van der Waals surface area (Å²) < 4.78 is 5.12. The van der Waals surface area contributed by atoms with E-state index >= 15 is 0 Å². The molecule has 1 N–H and O–H groups in total. The number of halogens is 1. The van der Waals surface area contributed by atoms with Gasteiger partial charge in [-0.2, -0.15) is 0 Å². The average molecular weight is 285 g/mol. The molecule has 106 valence electrons. The van der Waals surface area contributed by atoms with Gasteiger partial charge in [0.2, 0.25) is 0 Å². The summed E-state index contributed by atoms with van der Waals surface area (Å²) in [6.07, 6.45) is 0.918. The van der Waals surface area contributed by atoms with Gasteiger partial charge in [-0.15, -0.1) is 0 Å². The summed E-state index contributed by atoms with van der Waals surface area (Å²) >= 11 is 6.04. The summed E-state index contributed by atoms with van der Waals surface area (Å²) in [5, 5.41) is 3.35. The Morgan fingerprint density at radius 2 is 2.11 bits per heavy atom. The van der Waals surface area contributed by atoms with Crippen LogP contribution in [0.25, 0.3) is 0 Å². The molecule has 0 bridgehead atoms. The number of rotatable bonds is 6. The van der Waals surface area contributed by atoms with Crippen LogP contribution in [0.15, 0.2) is 12.1 Å². The van der Waals surface area contributed by atoms with E-state index in [1.54, 1.807) is 19.2 Å². The van der Waals surface area contributed by atoms with Crippen molar-refractivity contribution >= 4 is 17.5 Å². The second-order valence-corrected chi connectivity index (χ2v) is 5.12. The van der Waals surface area contributed by atoms with Gasteiger partial charge in [0.15, 0.2) is 0 Å².